The van der Waals surface area contributed by atoms with Gasteiger partial charge in [0.05, 0.1) is 60.4 Å². The highest BCUT2D eigenvalue weighted by Crippen LogP contribution is 2.47. The number of urea groups is 1. The number of rotatable bonds is 16. The van der Waals surface area contributed by atoms with Crippen LogP contribution < -0.4 is 29.0 Å². The molecule has 2 amide bonds. The molecule has 0 bridgehead atoms. The Balaban J connectivity index is 1.54. The van der Waals surface area contributed by atoms with E-state index in [9.17, 15) is 10.0 Å². The zero-order chi connectivity index (χ0) is 33.8. The topological polar surface area (TPSA) is 128 Å². The third-order valence-corrected chi connectivity index (χ3v) is 8.67. The third-order valence-electron chi connectivity index (χ3n) is 7.44. The SMILES string of the molecule is COc1cc(C2CCC(c3cc(OC)c(OC)c(OC)c3)O2)cc(C/C=C/NC(=O)N(O)CCO)c1OCCSc1ccc(Cl)cc1. The molecule has 3 aromatic rings. The van der Waals surface area contributed by atoms with Crippen LogP contribution in [0.4, 0.5) is 4.79 Å². The maximum absolute atomic E-state index is 12.0. The van der Waals surface area contributed by atoms with Crippen LogP contribution in [-0.2, 0) is 11.2 Å². The molecule has 3 N–H and O–H groups in total. The largest absolute Gasteiger partial charge is 0.493 e. The van der Waals surface area contributed by atoms with Gasteiger partial charge in [0.2, 0.25) is 5.75 Å². The predicted octanol–water partition coefficient (Wildman–Crippen LogP) is 6.59. The second-order valence-electron chi connectivity index (χ2n) is 10.4. The van der Waals surface area contributed by atoms with Crippen molar-refractivity contribution >= 4 is 29.4 Å². The van der Waals surface area contributed by atoms with E-state index in [2.05, 4.69) is 5.32 Å². The molecular weight excluding hydrogens is 648 g/mol. The molecule has 254 valence electrons. The number of ether oxygens (including phenoxy) is 6. The van der Waals surface area contributed by atoms with Gasteiger partial charge in [-0.05, 0) is 78.9 Å². The lowest BCUT2D eigenvalue weighted by molar-refractivity contribution is -0.0508. The average molecular weight is 689 g/mol. The quantitative estimate of drug-likeness (QED) is 0.0657. The van der Waals surface area contributed by atoms with E-state index in [4.69, 9.17) is 45.1 Å². The summed E-state index contributed by atoms with van der Waals surface area (Å²) in [5, 5.41) is 22.2. The molecule has 0 radical (unpaired) electrons. The summed E-state index contributed by atoms with van der Waals surface area (Å²) in [6.45, 7) is -0.148. The molecule has 13 heteroatoms. The van der Waals surface area contributed by atoms with E-state index >= 15 is 0 Å². The van der Waals surface area contributed by atoms with Gasteiger partial charge in [0.1, 0.15) is 0 Å². The van der Waals surface area contributed by atoms with Crippen LogP contribution in [0.2, 0.25) is 5.02 Å². The first-order valence-corrected chi connectivity index (χ1v) is 16.4. The molecule has 4 rings (SSSR count). The minimum Gasteiger partial charge on any atom is -0.493 e. The van der Waals surface area contributed by atoms with Crippen molar-refractivity contribution in [3.63, 3.8) is 0 Å². The summed E-state index contributed by atoms with van der Waals surface area (Å²) >= 11 is 7.66. The molecule has 0 aliphatic carbocycles. The lowest BCUT2D eigenvalue weighted by Crippen LogP contribution is -2.36. The van der Waals surface area contributed by atoms with Gasteiger partial charge in [0.25, 0.3) is 0 Å². The lowest BCUT2D eigenvalue weighted by atomic mass is 9.99. The van der Waals surface area contributed by atoms with E-state index < -0.39 is 6.03 Å². The monoisotopic (exact) mass is 688 g/mol. The van der Waals surface area contributed by atoms with E-state index in [1.165, 1.54) is 6.20 Å². The summed E-state index contributed by atoms with van der Waals surface area (Å²) in [4.78, 5) is 13.1. The van der Waals surface area contributed by atoms with Crippen molar-refractivity contribution in [1.82, 2.24) is 10.4 Å². The number of hydrogen-bond donors (Lipinski definition) is 3. The molecular formula is C34H41ClN2O9S. The zero-order valence-corrected chi connectivity index (χ0v) is 28.4. The fourth-order valence-electron chi connectivity index (χ4n) is 5.17. The van der Waals surface area contributed by atoms with Crippen molar-refractivity contribution in [3.05, 3.63) is 82.5 Å². The van der Waals surface area contributed by atoms with Crippen LogP contribution in [0.5, 0.6) is 28.7 Å². The van der Waals surface area contributed by atoms with Gasteiger partial charge in [-0.2, -0.15) is 0 Å². The minimum atomic E-state index is -0.755. The van der Waals surface area contributed by atoms with Crippen molar-refractivity contribution < 1.29 is 43.5 Å². The van der Waals surface area contributed by atoms with Gasteiger partial charge >= 0.3 is 6.03 Å². The van der Waals surface area contributed by atoms with Gasteiger partial charge in [0.15, 0.2) is 23.0 Å². The van der Waals surface area contributed by atoms with E-state index in [-0.39, 0.29) is 25.4 Å². The Bertz CT molecular complexity index is 1480. The third kappa shape index (κ3) is 9.61. The van der Waals surface area contributed by atoms with Crippen LogP contribution in [0.15, 0.2) is 65.7 Å². The number of carbonyl (C=O) groups is 1. The van der Waals surface area contributed by atoms with Gasteiger partial charge in [-0.25, -0.2) is 9.86 Å². The Kier molecular flexibility index (Phi) is 13.7. The van der Waals surface area contributed by atoms with Crippen LogP contribution in [0.3, 0.4) is 0 Å². The maximum atomic E-state index is 12.0. The number of hydroxylamine groups is 2. The van der Waals surface area contributed by atoms with Gasteiger partial charge in [-0.1, -0.05) is 17.7 Å². The van der Waals surface area contributed by atoms with Crippen LogP contribution in [0.25, 0.3) is 0 Å². The summed E-state index contributed by atoms with van der Waals surface area (Å²) in [6, 6.07) is 14.7. The summed E-state index contributed by atoms with van der Waals surface area (Å²) in [7, 11) is 6.34. The number of hydrogen-bond acceptors (Lipinski definition) is 10. The number of methoxy groups -OCH3 is 4. The molecule has 0 spiro atoms. The number of allylic oxidation sites excluding steroid dienone is 1. The highest BCUT2D eigenvalue weighted by molar-refractivity contribution is 7.99. The highest BCUT2D eigenvalue weighted by Gasteiger charge is 2.31. The molecule has 2 unspecified atom stereocenters. The number of benzene rings is 3. The first kappa shape index (κ1) is 36.0. The molecule has 1 aliphatic rings. The van der Waals surface area contributed by atoms with Crippen molar-refractivity contribution in [1.29, 1.82) is 0 Å². The smallest absolute Gasteiger partial charge is 0.345 e. The van der Waals surface area contributed by atoms with E-state index in [1.54, 1.807) is 46.3 Å². The molecule has 47 heavy (non-hydrogen) atoms. The van der Waals surface area contributed by atoms with E-state index in [1.807, 2.05) is 48.5 Å². The second-order valence-corrected chi connectivity index (χ2v) is 12.0. The summed E-state index contributed by atoms with van der Waals surface area (Å²) in [6.07, 6.45) is 4.70. The predicted molar refractivity (Wildman–Crippen MR) is 180 cm³/mol. The molecule has 1 heterocycles. The van der Waals surface area contributed by atoms with Crippen molar-refractivity contribution in [3.8, 4) is 28.7 Å². The van der Waals surface area contributed by atoms with Crippen LogP contribution in [0.1, 0.15) is 41.7 Å². The molecule has 1 fully saturated rings. The van der Waals surface area contributed by atoms with Gasteiger partial charge < -0.3 is 38.8 Å². The Morgan fingerprint density at radius 2 is 1.55 bits per heavy atom. The number of nitrogens with one attached hydrogen (secondary N) is 1. The summed E-state index contributed by atoms with van der Waals surface area (Å²) < 4.78 is 35.2. The van der Waals surface area contributed by atoms with Crippen LogP contribution in [-0.4, -0.2) is 75.4 Å². The first-order valence-electron chi connectivity index (χ1n) is 15.0. The molecule has 3 aromatic carbocycles. The molecule has 2 atom stereocenters. The number of amides is 2. The highest BCUT2D eigenvalue weighted by atomic mass is 35.5. The standard InChI is InChI=1S/C34H41ClN2O9S/c1-41-29-19-23(27-11-12-28(46-27)24-20-30(42-2)33(44-4)31(21-24)43-3)18-22(6-5-13-36-34(39)37(40)14-15-38)32(29)45-16-17-47-26-9-7-25(35)8-10-26/h5,7-10,13,18-21,27-28,38,40H,6,11-12,14-17H2,1-4H3,(H,36,39)/b13-5+. The molecule has 1 aliphatic heterocycles. The normalized spacial score (nSPS) is 15.8. The van der Waals surface area contributed by atoms with Gasteiger partial charge in [0, 0.05) is 27.4 Å². The zero-order valence-electron chi connectivity index (χ0n) is 26.9. The Morgan fingerprint density at radius 1 is 0.957 bits per heavy atom. The summed E-state index contributed by atoms with van der Waals surface area (Å²) in [5.41, 5.74) is 2.68. The number of aliphatic hydroxyl groups excluding tert-OH is 1. The maximum Gasteiger partial charge on any atom is 0.345 e. The average Bonchev–Trinajstić information content (AvgIpc) is 3.59. The van der Waals surface area contributed by atoms with Crippen molar-refractivity contribution in [2.24, 2.45) is 0 Å². The van der Waals surface area contributed by atoms with Crippen molar-refractivity contribution in [2.45, 2.75) is 36.4 Å². The van der Waals surface area contributed by atoms with Crippen molar-refractivity contribution in [2.75, 3.05) is 54.0 Å². The minimum absolute atomic E-state index is 0.195. The van der Waals surface area contributed by atoms with Gasteiger partial charge in [-0.15, -0.1) is 11.8 Å². The Morgan fingerprint density at radius 3 is 2.13 bits per heavy atom. The molecule has 1 saturated heterocycles. The van der Waals surface area contributed by atoms with E-state index in [0.717, 1.165) is 34.4 Å². The molecule has 0 aromatic heterocycles. The number of carbonyl (C=O) groups excluding carboxylic acids is 1. The fraction of sp³-hybridized carbons (Fsp3) is 0.382. The number of halogens is 1. The molecule has 11 nitrogen and oxygen atoms in total. The first-order chi connectivity index (χ1) is 22.8. The lowest BCUT2D eigenvalue weighted by Gasteiger charge is -2.20. The second kappa shape index (κ2) is 17.9. The fourth-order valence-corrected chi connectivity index (χ4v) is 6.03. The number of thioether (sulfide) groups is 1. The van der Waals surface area contributed by atoms with E-state index in [0.29, 0.717) is 57.6 Å². The number of nitrogens with zero attached hydrogens (tertiary/aromatic N) is 1. The Hall–Kier alpha value is -3.81. The van der Waals surface area contributed by atoms with Crippen LogP contribution in [0, 0.1) is 0 Å². The number of aliphatic hydroxyl groups is 1. The van der Waals surface area contributed by atoms with Crippen LogP contribution >= 0.6 is 23.4 Å². The Labute approximate surface area is 284 Å². The summed E-state index contributed by atoms with van der Waals surface area (Å²) in [5.74, 6) is 3.50. The molecule has 0 saturated carbocycles. The van der Waals surface area contributed by atoms with Gasteiger partial charge in [-0.3, -0.25) is 5.21 Å².